The molecule has 0 radical (unpaired) electrons. The zero-order valence-electron chi connectivity index (χ0n) is 10.6. The summed E-state index contributed by atoms with van der Waals surface area (Å²) in [5, 5.41) is 10.2. The van der Waals surface area contributed by atoms with Crippen LogP contribution >= 0.6 is 0 Å². The number of pyridine rings is 1. The van der Waals surface area contributed by atoms with Crippen LogP contribution in [0.1, 0.15) is 31.1 Å². The molecule has 3 nitrogen and oxygen atoms in total. The number of aliphatic hydroxyl groups excluding tert-OH is 1. The fourth-order valence-corrected chi connectivity index (χ4v) is 1.73. The van der Waals surface area contributed by atoms with Crippen molar-refractivity contribution in [2.24, 2.45) is 0 Å². The monoisotopic (exact) mass is 243 g/mol. The number of benzene rings is 1. The van der Waals surface area contributed by atoms with Gasteiger partial charge in [-0.05, 0) is 37.6 Å². The topological polar surface area (TPSA) is 42.4 Å². The van der Waals surface area contributed by atoms with E-state index in [1.807, 2.05) is 50.2 Å². The number of nitrogens with zero attached hydrogens (tertiary/aromatic N) is 1. The summed E-state index contributed by atoms with van der Waals surface area (Å²) in [5.74, 6) is 0.812. The lowest BCUT2D eigenvalue weighted by atomic mass is 10.0. The van der Waals surface area contributed by atoms with Gasteiger partial charge in [-0.25, -0.2) is 0 Å². The number of ether oxygens (including phenoxy) is 1. The number of aromatic nitrogens is 1. The van der Waals surface area contributed by atoms with Crippen molar-refractivity contribution in [3.8, 4) is 5.75 Å². The predicted molar refractivity (Wildman–Crippen MR) is 70.5 cm³/mol. The quantitative estimate of drug-likeness (QED) is 0.897. The van der Waals surface area contributed by atoms with Gasteiger partial charge in [-0.3, -0.25) is 4.98 Å². The number of hydrogen-bond donors (Lipinski definition) is 1. The summed E-state index contributed by atoms with van der Waals surface area (Å²) in [4.78, 5) is 4.00. The van der Waals surface area contributed by atoms with Crippen LogP contribution in [0.4, 0.5) is 0 Å². The molecule has 2 aromatic rings. The van der Waals surface area contributed by atoms with Gasteiger partial charge in [-0.15, -0.1) is 0 Å². The molecule has 0 fully saturated rings. The van der Waals surface area contributed by atoms with Crippen molar-refractivity contribution in [3.63, 3.8) is 0 Å². The molecule has 1 N–H and O–H groups in total. The van der Waals surface area contributed by atoms with E-state index in [4.69, 9.17) is 4.74 Å². The van der Waals surface area contributed by atoms with Crippen LogP contribution in [-0.2, 0) is 0 Å². The third kappa shape index (κ3) is 3.08. The lowest BCUT2D eigenvalue weighted by molar-refractivity contribution is 0.219. The maximum absolute atomic E-state index is 10.2. The van der Waals surface area contributed by atoms with Crippen LogP contribution < -0.4 is 4.74 Å². The van der Waals surface area contributed by atoms with Gasteiger partial charge in [0, 0.05) is 18.0 Å². The summed E-state index contributed by atoms with van der Waals surface area (Å²) in [6, 6.07) is 11.2. The van der Waals surface area contributed by atoms with Crippen LogP contribution in [-0.4, -0.2) is 16.2 Å². The molecule has 1 heterocycles. The van der Waals surface area contributed by atoms with E-state index in [0.29, 0.717) is 0 Å². The van der Waals surface area contributed by atoms with Crippen molar-refractivity contribution in [2.75, 3.05) is 0 Å². The third-order valence-corrected chi connectivity index (χ3v) is 2.57. The van der Waals surface area contributed by atoms with Crippen LogP contribution in [0.2, 0.25) is 0 Å². The van der Waals surface area contributed by atoms with E-state index in [9.17, 15) is 5.11 Å². The Hall–Kier alpha value is -1.87. The average molecular weight is 243 g/mol. The van der Waals surface area contributed by atoms with E-state index in [-0.39, 0.29) is 6.10 Å². The fourth-order valence-electron chi connectivity index (χ4n) is 1.73. The lowest BCUT2D eigenvalue weighted by Crippen LogP contribution is -2.06. The summed E-state index contributed by atoms with van der Waals surface area (Å²) in [6.45, 7) is 3.97. The normalized spacial score (nSPS) is 12.4. The van der Waals surface area contributed by atoms with Crippen LogP contribution in [0.5, 0.6) is 5.75 Å². The van der Waals surface area contributed by atoms with Gasteiger partial charge in [0.1, 0.15) is 11.9 Å². The Morgan fingerprint density at radius 2 is 1.78 bits per heavy atom. The van der Waals surface area contributed by atoms with E-state index in [0.717, 1.165) is 16.9 Å². The molecule has 1 unspecified atom stereocenters. The minimum Gasteiger partial charge on any atom is -0.491 e. The molecule has 3 heteroatoms. The predicted octanol–water partition coefficient (Wildman–Crippen LogP) is 2.95. The molecule has 0 aliphatic rings. The van der Waals surface area contributed by atoms with Gasteiger partial charge in [-0.2, -0.15) is 0 Å². The van der Waals surface area contributed by atoms with E-state index >= 15 is 0 Å². The van der Waals surface area contributed by atoms with Crippen LogP contribution in [0.15, 0.2) is 48.8 Å². The Morgan fingerprint density at radius 3 is 2.33 bits per heavy atom. The Bertz CT molecular complexity index is 480. The summed E-state index contributed by atoms with van der Waals surface area (Å²) in [7, 11) is 0. The Balaban J connectivity index is 2.14. The Kier molecular flexibility index (Phi) is 3.95. The second-order valence-corrected chi connectivity index (χ2v) is 4.42. The zero-order chi connectivity index (χ0) is 13.0. The van der Waals surface area contributed by atoms with Crippen molar-refractivity contribution >= 4 is 0 Å². The molecule has 2 rings (SSSR count). The van der Waals surface area contributed by atoms with Gasteiger partial charge in [0.15, 0.2) is 0 Å². The first-order valence-corrected chi connectivity index (χ1v) is 6.01. The molecular weight excluding hydrogens is 226 g/mol. The van der Waals surface area contributed by atoms with Gasteiger partial charge in [-0.1, -0.05) is 18.2 Å². The molecule has 0 aliphatic carbocycles. The smallest absolute Gasteiger partial charge is 0.119 e. The van der Waals surface area contributed by atoms with Crippen molar-refractivity contribution in [2.45, 2.75) is 26.1 Å². The van der Waals surface area contributed by atoms with Crippen molar-refractivity contribution < 1.29 is 9.84 Å². The third-order valence-electron chi connectivity index (χ3n) is 2.57. The molecule has 0 amide bonds. The first kappa shape index (κ1) is 12.6. The molecule has 0 spiro atoms. The molecule has 1 aromatic heterocycles. The number of hydrogen-bond acceptors (Lipinski definition) is 3. The highest BCUT2D eigenvalue weighted by Crippen LogP contribution is 2.23. The summed E-state index contributed by atoms with van der Waals surface area (Å²) in [6.07, 6.45) is 2.87. The SMILES string of the molecule is CC(C)Oc1ccc(C(O)c2cccnc2)cc1. The van der Waals surface area contributed by atoms with Crippen molar-refractivity contribution in [1.82, 2.24) is 4.98 Å². The average Bonchev–Trinajstić information content (AvgIpc) is 2.39. The van der Waals surface area contributed by atoms with E-state index in [1.54, 1.807) is 12.4 Å². The molecular formula is C15H17NO2. The molecule has 18 heavy (non-hydrogen) atoms. The lowest BCUT2D eigenvalue weighted by Gasteiger charge is -2.13. The molecule has 0 aliphatic heterocycles. The summed E-state index contributed by atoms with van der Waals surface area (Å²) >= 11 is 0. The van der Waals surface area contributed by atoms with Crippen LogP contribution in [0.25, 0.3) is 0 Å². The highest BCUT2D eigenvalue weighted by atomic mass is 16.5. The minimum absolute atomic E-state index is 0.152. The van der Waals surface area contributed by atoms with Gasteiger partial charge >= 0.3 is 0 Å². The second kappa shape index (κ2) is 5.65. The molecule has 0 saturated carbocycles. The second-order valence-electron chi connectivity index (χ2n) is 4.42. The number of aliphatic hydroxyl groups is 1. The summed E-state index contributed by atoms with van der Waals surface area (Å²) < 4.78 is 5.56. The van der Waals surface area contributed by atoms with Gasteiger partial charge in [0.2, 0.25) is 0 Å². The molecule has 0 saturated heterocycles. The Labute approximate surface area is 107 Å². The highest BCUT2D eigenvalue weighted by Gasteiger charge is 2.10. The summed E-state index contributed by atoms with van der Waals surface area (Å²) in [5.41, 5.74) is 1.62. The van der Waals surface area contributed by atoms with Gasteiger partial charge in [0.25, 0.3) is 0 Å². The maximum Gasteiger partial charge on any atom is 0.119 e. The minimum atomic E-state index is -0.646. The molecule has 94 valence electrons. The Morgan fingerprint density at radius 1 is 1.06 bits per heavy atom. The molecule has 0 bridgehead atoms. The number of rotatable bonds is 4. The van der Waals surface area contributed by atoms with Gasteiger partial charge in [0.05, 0.1) is 6.10 Å². The fraction of sp³-hybridized carbons (Fsp3) is 0.267. The van der Waals surface area contributed by atoms with Crippen LogP contribution in [0, 0.1) is 0 Å². The van der Waals surface area contributed by atoms with Crippen molar-refractivity contribution in [3.05, 3.63) is 59.9 Å². The standard InChI is InChI=1S/C15H17NO2/c1-11(2)18-14-7-5-12(6-8-14)15(17)13-4-3-9-16-10-13/h3-11,15,17H,1-2H3. The van der Waals surface area contributed by atoms with E-state index < -0.39 is 6.10 Å². The first-order chi connectivity index (χ1) is 8.66. The van der Waals surface area contributed by atoms with Gasteiger partial charge < -0.3 is 9.84 Å². The maximum atomic E-state index is 10.2. The zero-order valence-corrected chi connectivity index (χ0v) is 10.6. The highest BCUT2D eigenvalue weighted by molar-refractivity contribution is 5.33. The van der Waals surface area contributed by atoms with Crippen LogP contribution in [0.3, 0.4) is 0 Å². The van der Waals surface area contributed by atoms with Crippen molar-refractivity contribution in [1.29, 1.82) is 0 Å². The first-order valence-electron chi connectivity index (χ1n) is 6.01. The molecule has 1 aromatic carbocycles. The van der Waals surface area contributed by atoms with E-state index in [2.05, 4.69) is 4.98 Å². The largest absolute Gasteiger partial charge is 0.491 e. The molecule has 1 atom stereocenters. The van der Waals surface area contributed by atoms with E-state index in [1.165, 1.54) is 0 Å².